The van der Waals surface area contributed by atoms with Crippen LogP contribution < -0.4 is 5.32 Å². The molecule has 5 heteroatoms. The van der Waals surface area contributed by atoms with Gasteiger partial charge in [0.25, 0.3) is 0 Å². The fraction of sp³-hybridized carbons (Fsp3) is 0.143. The summed E-state index contributed by atoms with van der Waals surface area (Å²) in [5.41, 5.74) is 1.36. The molecule has 0 aliphatic rings. The normalized spacial score (nSPS) is 10.0. The summed E-state index contributed by atoms with van der Waals surface area (Å²) in [6, 6.07) is 9.19. The number of rotatable bonds is 3. The van der Waals surface area contributed by atoms with Crippen LogP contribution in [0.4, 0.5) is 14.9 Å². The molecular weight excluding hydrogens is 245 g/mol. The van der Waals surface area contributed by atoms with Gasteiger partial charge in [-0.05, 0) is 29.8 Å². The fourth-order valence-corrected chi connectivity index (χ4v) is 1.62. The topological polar surface area (TPSA) is 45.2 Å². The molecule has 4 nitrogen and oxygen atoms in total. The van der Waals surface area contributed by atoms with Crippen molar-refractivity contribution in [2.75, 3.05) is 12.4 Å². The van der Waals surface area contributed by atoms with Crippen molar-refractivity contribution < 1.29 is 9.18 Å². The first-order chi connectivity index (χ1) is 9.15. The summed E-state index contributed by atoms with van der Waals surface area (Å²) >= 11 is 0. The van der Waals surface area contributed by atoms with E-state index in [4.69, 9.17) is 0 Å². The van der Waals surface area contributed by atoms with E-state index >= 15 is 0 Å². The van der Waals surface area contributed by atoms with E-state index in [0.29, 0.717) is 12.2 Å². The van der Waals surface area contributed by atoms with Gasteiger partial charge in [0.2, 0.25) is 0 Å². The van der Waals surface area contributed by atoms with Crippen molar-refractivity contribution >= 4 is 11.7 Å². The lowest BCUT2D eigenvalue weighted by Crippen LogP contribution is -2.30. The zero-order chi connectivity index (χ0) is 13.7. The molecule has 2 aromatic rings. The molecule has 2 amide bonds. The molecule has 0 atom stereocenters. The standard InChI is InChI=1S/C14H14FN3O/c1-18(10-11-4-3-7-16-9-11)14(19)17-13-6-2-5-12(15)8-13/h2-9H,10H2,1H3,(H,17,19). The van der Waals surface area contributed by atoms with Crippen molar-refractivity contribution in [3.8, 4) is 0 Å². The van der Waals surface area contributed by atoms with Crippen LogP contribution in [0.15, 0.2) is 48.8 Å². The number of carbonyl (C=O) groups is 1. The van der Waals surface area contributed by atoms with Gasteiger partial charge >= 0.3 is 6.03 Å². The molecule has 0 aliphatic carbocycles. The highest BCUT2D eigenvalue weighted by atomic mass is 19.1. The molecule has 0 unspecified atom stereocenters. The molecule has 0 bridgehead atoms. The van der Waals surface area contributed by atoms with Crippen LogP contribution in [0.2, 0.25) is 0 Å². The van der Waals surface area contributed by atoms with Crippen molar-refractivity contribution in [1.29, 1.82) is 0 Å². The maximum atomic E-state index is 13.0. The molecule has 0 aliphatic heterocycles. The Balaban J connectivity index is 1.96. The second kappa shape index (κ2) is 5.95. The number of amides is 2. The van der Waals surface area contributed by atoms with E-state index in [9.17, 15) is 9.18 Å². The predicted molar refractivity (Wildman–Crippen MR) is 71.1 cm³/mol. The van der Waals surface area contributed by atoms with Gasteiger partial charge in [0.05, 0.1) is 0 Å². The second-order valence-corrected chi connectivity index (χ2v) is 4.16. The third-order valence-corrected chi connectivity index (χ3v) is 2.57. The highest BCUT2D eigenvalue weighted by molar-refractivity contribution is 5.89. The molecule has 2 rings (SSSR count). The molecular formula is C14H14FN3O. The highest BCUT2D eigenvalue weighted by Gasteiger charge is 2.09. The Labute approximate surface area is 110 Å². The molecule has 1 N–H and O–H groups in total. The maximum Gasteiger partial charge on any atom is 0.321 e. The Morgan fingerprint density at radius 2 is 2.21 bits per heavy atom. The molecule has 1 aromatic heterocycles. The van der Waals surface area contributed by atoms with Gasteiger partial charge in [-0.3, -0.25) is 4.98 Å². The van der Waals surface area contributed by atoms with Crippen LogP contribution in [-0.4, -0.2) is 23.0 Å². The zero-order valence-corrected chi connectivity index (χ0v) is 10.5. The monoisotopic (exact) mass is 259 g/mol. The summed E-state index contributed by atoms with van der Waals surface area (Å²) in [5, 5.41) is 2.63. The van der Waals surface area contributed by atoms with Gasteiger partial charge in [-0.1, -0.05) is 12.1 Å². The average molecular weight is 259 g/mol. The molecule has 0 fully saturated rings. The SMILES string of the molecule is CN(Cc1cccnc1)C(=O)Nc1cccc(F)c1. The van der Waals surface area contributed by atoms with Crippen LogP contribution in [0.5, 0.6) is 0 Å². The minimum absolute atomic E-state index is 0.297. The first-order valence-electron chi connectivity index (χ1n) is 5.82. The van der Waals surface area contributed by atoms with E-state index in [1.807, 2.05) is 12.1 Å². The Hall–Kier alpha value is -2.43. The van der Waals surface area contributed by atoms with E-state index in [-0.39, 0.29) is 11.8 Å². The number of benzene rings is 1. The lowest BCUT2D eigenvalue weighted by atomic mass is 10.3. The summed E-state index contributed by atoms with van der Waals surface area (Å²) in [6.07, 6.45) is 3.38. The number of aromatic nitrogens is 1. The van der Waals surface area contributed by atoms with Crippen molar-refractivity contribution in [2.24, 2.45) is 0 Å². The number of hydrogen-bond donors (Lipinski definition) is 1. The summed E-state index contributed by atoms with van der Waals surface area (Å²) < 4.78 is 13.0. The third-order valence-electron chi connectivity index (χ3n) is 2.57. The average Bonchev–Trinajstić information content (AvgIpc) is 2.40. The van der Waals surface area contributed by atoms with Gasteiger partial charge in [-0.2, -0.15) is 0 Å². The molecule has 1 heterocycles. The van der Waals surface area contributed by atoms with Crippen LogP contribution in [0, 0.1) is 5.82 Å². The number of nitrogens with zero attached hydrogens (tertiary/aromatic N) is 2. The van der Waals surface area contributed by atoms with E-state index in [0.717, 1.165) is 5.56 Å². The van der Waals surface area contributed by atoms with Gasteiger partial charge in [0.15, 0.2) is 0 Å². The number of urea groups is 1. The smallest absolute Gasteiger partial charge is 0.321 e. The lowest BCUT2D eigenvalue weighted by Gasteiger charge is -2.17. The summed E-state index contributed by atoms with van der Waals surface area (Å²) in [4.78, 5) is 17.4. The molecule has 1 aromatic carbocycles. The van der Waals surface area contributed by atoms with Crippen LogP contribution in [0.3, 0.4) is 0 Å². The van der Waals surface area contributed by atoms with Crippen LogP contribution in [-0.2, 0) is 6.54 Å². The van der Waals surface area contributed by atoms with Gasteiger partial charge in [-0.25, -0.2) is 9.18 Å². The molecule has 0 saturated heterocycles. The Kier molecular flexibility index (Phi) is 4.07. The van der Waals surface area contributed by atoms with Gasteiger partial charge < -0.3 is 10.2 Å². The molecule has 0 spiro atoms. The highest BCUT2D eigenvalue weighted by Crippen LogP contribution is 2.10. The molecule has 19 heavy (non-hydrogen) atoms. The van der Waals surface area contributed by atoms with Crippen molar-refractivity contribution in [1.82, 2.24) is 9.88 Å². The van der Waals surface area contributed by atoms with E-state index < -0.39 is 0 Å². The Bertz CT molecular complexity index is 560. The van der Waals surface area contributed by atoms with E-state index in [2.05, 4.69) is 10.3 Å². The predicted octanol–water partition coefficient (Wildman–Crippen LogP) is 2.88. The molecule has 0 radical (unpaired) electrons. The minimum atomic E-state index is -0.382. The zero-order valence-electron chi connectivity index (χ0n) is 10.5. The van der Waals surface area contributed by atoms with Gasteiger partial charge in [0, 0.05) is 31.7 Å². The summed E-state index contributed by atoms with van der Waals surface area (Å²) in [6.45, 7) is 0.439. The number of anilines is 1. The molecule has 98 valence electrons. The number of hydrogen-bond acceptors (Lipinski definition) is 2. The minimum Gasteiger partial charge on any atom is -0.323 e. The van der Waals surface area contributed by atoms with E-state index in [1.54, 1.807) is 31.6 Å². The van der Waals surface area contributed by atoms with Crippen molar-refractivity contribution in [2.45, 2.75) is 6.54 Å². The number of nitrogens with one attached hydrogen (secondary N) is 1. The van der Waals surface area contributed by atoms with Crippen LogP contribution in [0.1, 0.15) is 5.56 Å². The number of halogens is 1. The first kappa shape index (κ1) is 13.0. The largest absolute Gasteiger partial charge is 0.323 e. The van der Waals surface area contributed by atoms with Gasteiger partial charge in [0.1, 0.15) is 5.82 Å². The lowest BCUT2D eigenvalue weighted by molar-refractivity contribution is 0.220. The quantitative estimate of drug-likeness (QED) is 0.921. The van der Waals surface area contributed by atoms with Gasteiger partial charge in [-0.15, -0.1) is 0 Å². The Morgan fingerprint density at radius 3 is 2.89 bits per heavy atom. The van der Waals surface area contributed by atoms with Crippen molar-refractivity contribution in [3.63, 3.8) is 0 Å². The summed E-state index contributed by atoms with van der Waals surface area (Å²) in [5.74, 6) is -0.382. The number of carbonyl (C=O) groups excluding carboxylic acids is 1. The number of pyridine rings is 1. The second-order valence-electron chi connectivity index (χ2n) is 4.16. The summed E-state index contributed by atoms with van der Waals surface area (Å²) in [7, 11) is 1.67. The van der Waals surface area contributed by atoms with E-state index in [1.165, 1.54) is 17.0 Å². The van der Waals surface area contributed by atoms with Crippen LogP contribution >= 0.6 is 0 Å². The first-order valence-corrected chi connectivity index (χ1v) is 5.82. The fourth-order valence-electron chi connectivity index (χ4n) is 1.62. The molecule has 0 saturated carbocycles. The van der Waals surface area contributed by atoms with Crippen LogP contribution in [0.25, 0.3) is 0 Å². The Morgan fingerprint density at radius 1 is 1.37 bits per heavy atom. The van der Waals surface area contributed by atoms with Crippen molar-refractivity contribution in [3.05, 3.63) is 60.2 Å². The third kappa shape index (κ3) is 3.77. The maximum absolute atomic E-state index is 13.0.